The fourth-order valence-electron chi connectivity index (χ4n) is 2.74. The van der Waals surface area contributed by atoms with E-state index < -0.39 is 0 Å². The maximum atomic E-state index is 5.81. The molecule has 0 amide bonds. The third kappa shape index (κ3) is 3.19. The number of hydrogen-bond acceptors (Lipinski definition) is 3. The van der Waals surface area contributed by atoms with Gasteiger partial charge in [0, 0.05) is 5.39 Å². The van der Waals surface area contributed by atoms with E-state index in [1.165, 1.54) is 5.56 Å². The average molecular weight is 303 g/mol. The van der Waals surface area contributed by atoms with Gasteiger partial charge >= 0.3 is 0 Å². The molecule has 3 nitrogen and oxygen atoms in total. The van der Waals surface area contributed by atoms with E-state index in [1.807, 2.05) is 36.4 Å². The molecule has 0 fully saturated rings. The molecule has 0 radical (unpaired) electrons. The van der Waals surface area contributed by atoms with Crippen molar-refractivity contribution < 1.29 is 8.83 Å². The molecule has 0 bridgehead atoms. The minimum Gasteiger partial charge on any atom is -0.461 e. The topological polar surface area (TPSA) is 39.2 Å². The molecule has 2 aromatic heterocycles. The van der Waals surface area contributed by atoms with Gasteiger partial charge in [-0.2, -0.15) is 0 Å². The molecule has 0 aliphatic carbocycles. The molecule has 0 atom stereocenters. The molecule has 0 saturated carbocycles. The number of hydrogen-bond donors (Lipinski definition) is 0. The Morgan fingerprint density at radius 1 is 0.870 bits per heavy atom. The standard InChI is InChI=1S/C20H17NO2/c1-2-6-15(7-3-1)10-11-17-14-22-20(21-17)13-18-12-16-8-4-5-9-19(16)23-18/h1-9,12,14H,10-11,13H2. The SMILES string of the molecule is c1ccc(CCc2coc(Cc3cc4ccccc4o3)n2)cc1. The van der Waals surface area contributed by atoms with Crippen molar-refractivity contribution in [2.75, 3.05) is 0 Å². The lowest BCUT2D eigenvalue weighted by atomic mass is 10.1. The second kappa shape index (κ2) is 6.13. The molecule has 0 unspecified atom stereocenters. The highest BCUT2D eigenvalue weighted by Crippen LogP contribution is 2.21. The van der Waals surface area contributed by atoms with Crippen LogP contribution in [0, 0.1) is 0 Å². The number of aryl methyl sites for hydroxylation is 2. The monoisotopic (exact) mass is 303 g/mol. The van der Waals surface area contributed by atoms with E-state index in [2.05, 4.69) is 29.2 Å². The van der Waals surface area contributed by atoms with Crippen molar-refractivity contribution in [3.05, 3.63) is 89.8 Å². The predicted molar refractivity (Wildman–Crippen MR) is 89.4 cm³/mol. The molecule has 3 heteroatoms. The largest absolute Gasteiger partial charge is 0.461 e. The molecule has 0 spiro atoms. The van der Waals surface area contributed by atoms with Crippen LogP contribution in [0.4, 0.5) is 0 Å². The molecule has 23 heavy (non-hydrogen) atoms. The summed E-state index contributed by atoms with van der Waals surface area (Å²) in [6.07, 6.45) is 4.19. The highest BCUT2D eigenvalue weighted by atomic mass is 16.4. The Bertz CT molecular complexity index is 872. The molecule has 0 N–H and O–H groups in total. The zero-order chi connectivity index (χ0) is 15.5. The third-order valence-electron chi connectivity index (χ3n) is 3.91. The van der Waals surface area contributed by atoms with Crippen LogP contribution < -0.4 is 0 Å². The second-order valence-corrected chi connectivity index (χ2v) is 5.65. The normalized spacial score (nSPS) is 11.1. The number of para-hydroxylation sites is 1. The number of aromatic nitrogens is 1. The Labute approximate surface area is 134 Å². The Kier molecular flexibility index (Phi) is 3.68. The first-order chi connectivity index (χ1) is 11.4. The smallest absolute Gasteiger partial charge is 0.201 e. The van der Waals surface area contributed by atoms with Crippen LogP contribution in [0.1, 0.15) is 22.9 Å². The van der Waals surface area contributed by atoms with Gasteiger partial charge in [-0.15, -0.1) is 0 Å². The minimum atomic E-state index is 0.583. The van der Waals surface area contributed by atoms with E-state index >= 15 is 0 Å². The van der Waals surface area contributed by atoms with Gasteiger partial charge in [0.15, 0.2) is 0 Å². The van der Waals surface area contributed by atoms with Gasteiger partial charge in [0.1, 0.15) is 17.6 Å². The van der Waals surface area contributed by atoms with Crippen LogP contribution in [0.5, 0.6) is 0 Å². The molecule has 2 heterocycles. The number of furan rings is 1. The average Bonchev–Trinajstić information content (AvgIpc) is 3.20. The number of fused-ring (bicyclic) bond motifs is 1. The number of oxazole rings is 1. The van der Waals surface area contributed by atoms with Crippen molar-refractivity contribution in [2.45, 2.75) is 19.3 Å². The van der Waals surface area contributed by atoms with Crippen molar-refractivity contribution >= 4 is 11.0 Å². The van der Waals surface area contributed by atoms with Crippen LogP contribution >= 0.6 is 0 Å². The van der Waals surface area contributed by atoms with E-state index in [9.17, 15) is 0 Å². The maximum Gasteiger partial charge on any atom is 0.201 e. The van der Waals surface area contributed by atoms with E-state index in [0.717, 1.165) is 35.3 Å². The molecular weight excluding hydrogens is 286 g/mol. The third-order valence-corrected chi connectivity index (χ3v) is 3.91. The molecule has 4 rings (SSSR count). The Morgan fingerprint density at radius 3 is 2.57 bits per heavy atom. The molecule has 0 aliphatic heterocycles. The fourth-order valence-corrected chi connectivity index (χ4v) is 2.74. The summed E-state index contributed by atoms with van der Waals surface area (Å²) in [5, 5.41) is 1.11. The van der Waals surface area contributed by atoms with Crippen molar-refractivity contribution in [3.63, 3.8) is 0 Å². The number of nitrogens with zero attached hydrogens (tertiary/aromatic N) is 1. The molecule has 0 aliphatic rings. The Morgan fingerprint density at radius 2 is 1.70 bits per heavy atom. The van der Waals surface area contributed by atoms with Gasteiger partial charge in [-0.05, 0) is 30.5 Å². The summed E-state index contributed by atoms with van der Waals surface area (Å²) in [7, 11) is 0. The highest BCUT2D eigenvalue weighted by molar-refractivity contribution is 5.77. The summed E-state index contributed by atoms with van der Waals surface area (Å²) in [4.78, 5) is 4.56. The van der Waals surface area contributed by atoms with E-state index in [-0.39, 0.29) is 0 Å². The summed E-state index contributed by atoms with van der Waals surface area (Å²) < 4.78 is 11.4. The number of rotatable bonds is 5. The summed E-state index contributed by atoms with van der Waals surface area (Å²) in [6.45, 7) is 0. The van der Waals surface area contributed by atoms with Crippen LogP contribution in [-0.4, -0.2) is 4.98 Å². The van der Waals surface area contributed by atoms with E-state index in [4.69, 9.17) is 8.83 Å². The maximum absolute atomic E-state index is 5.81. The lowest BCUT2D eigenvalue weighted by Gasteiger charge is -1.97. The van der Waals surface area contributed by atoms with Crippen molar-refractivity contribution in [1.82, 2.24) is 4.98 Å². The first-order valence-electron chi connectivity index (χ1n) is 7.81. The van der Waals surface area contributed by atoms with Crippen LogP contribution in [0.3, 0.4) is 0 Å². The molecule has 2 aromatic carbocycles. The molecule has 4 aromatic rings. The van der Waals surface area contributed by atoms with Crippen LogP contribution in [0.15, 0.2) is 75.8 Å². The number of benzene rings is 2. The Hall–Kier alpha value is -2.81. The van der Waals surface area contributed by atoms with Crippen LogP contribution in [-0.2, 0) is 19.3 Å². The molecule has 0 saturated heterocycles. The van der Waals surface area contributed by atoms with Gasteiger partial charge in [0.05, 0.1) is 12.1 Å². The van der Waals surface area contributed by atoms with Gasteiger partial charge in [0.2, 0.25) is 5.89 Å². The highest BCUT2D eigenvalue weighted by Gasteiger charge is 2.09. The minimum absolute atomic E-state index is 0.583. The zero-order valence-corrected chi connectivity index (χ0v) is 12.7. The zero-order valence-electron chi connectivity index (χ0n) is 12.7. The lowest BCUT2D eigenvalue weighted by Crippen LogP contribution is -1.92. The van der Waals surface area contributed by atoms with Crippen molar-refractivity contribution in [1.29, 1.82) is 0 Å². The second-order valence-electron chi connectivity index (χ2n) is 5.65. The predicted octanol–water partition coefficient (Wildman–Crippen LogP) is 4.80. The fraction of sp³-hybridized carbons (Fsp3) is 0.150. The van der Waals surface area contributed by atoms with Gasteiger partial charge in [0.25, 0.3) is 0 Å². The first kappa shape index (κ1) is 13.8. The van der Waals surface area contributed by atoms with Crippen molar-refractivity contribution in [2.24, 2.45) is 0 Å². The van der Waals surface area contributed by atoms with Crippen LogP contribution in [0.2, 0.25) is 0 Å². The van der Waals surface area contributed by atoms with Crippen molar-refractivity contribution in [3.8, 4) is 0 Å². The lowest BCUT2D eigenvalue weighted by molar-refractivity contribution is 0.477. The van der Waals surface area contributed by atoms with Gasteiger partial charge in [-0.25, -0.2) is 4.98 Å². The summed E-state index contributed by atoms with van der Waals surface area (Å²) in [5.41, 5.74) is 3.20. The molecule has 114 valence electrons. The quantitative estimate of drug-likeness (QED) is 0.532. The van der Waals surface area contributed by atoms with E-state index in [1.54, 1.807) is 6.26 Å². The first-order valence-corrected chi connectivity index (χ1v) is 7.81. The Balaban J connectivity index is 1.43. The van der Waals surface area contributed by atoms with Gasteiger partial charge < -0.3 is 8.83 Å². The van der Waals surface area contributed by atoms with E-state index in [0.29, 0.717) is 12.3 Å². The summed E-state index contributed by atoms with van der Waals surface area (Å²) >= 11 is 0. The van der Waals surface area contributed by atoms with Crippen LogP contribution in [0.25, 0.3) is 11.0 Å². The molecular formula is C20H17NO2. The van der Waals surface area contributed by atoms with Gasteiger partial charge in [-0.3, -0.25) is 0 Å². The summed E-state index contributed by atoms with van der Waals surface area (Å²) in [5.74, 6) is 1.58. The van der Waals surface area contributed by atoms with Gasteiger partial charge in [-0.1, -0.05) is 48.5 Å². The summed E-state index contributed by atoms with van der Waals surface area (Å²) in [6, 6.07) is 20.5.